The second-order valence-electron chi connectivity index (χ2n) is 5.38. The number of rotatable bonds is 7. The second kappa shape index (κ2) is 6.96. The van der Waals surface area contributed by atoms with Crippen molar-refractivity contribution >= 4 is 22.7 Å². The van der Waals surface area contributed by atoms with Crippen molar-refractivity contribution in [3.8, 4) is 0 Å². The molecule has 0 bridgehead atoms. The van der Waals surface area contributed by atoms with Crippen LogP contribution in [0.2, 0.25) is 0 Å². The third-order valence-corrected chi connectivity index (χ3v) is 3.76. The number of para-hydroxylation sites is 1. The number of aromatic amines is 2. The van der Waals surface area contributed by atoms with Crippen LogP contribution < -0.4 is 0 Å². The number of H-pyrrole nitrogens is 2. The first-order chi connectivity index (χ1) is 11.2. The number of nitrogens with one attached hydrogen (secondary N) is 2. The highest BCUT2D eigenvalue weighted by Gasteiger charge is 2.11. The summed E-state index contributed by atoms with van der Waals surface area (Å²) in [5.41, 5.74) is 2.74. The molecule has 2 aromatic heterocycles. The van der Waals surface area contributed by atoms with Crippen LogP contribution in [0.4, 0.5) is 0 Å². The Morgan fingerprint density at radius 3 is 2.74 bits per heavy atom. The van der Waals surface area contributed by atoms with E-state index in [1.807, 2.05) is 24.4 Å². The number of benzene rings is 1. The molecule has 0 saturated carbocycles. The maximum atomic E-state index is 11.7. The van der Waals surface area contributed by atoms with Crippen molar-refractivity contribution in [2.24, 2.45) is 0 Å². The maximum Gasteiger partial charge on any atom is 0.306 e. The lowest BCUT2D eigenvalue weighted by atomic mass is 10.1. The van der Waals surface area contributed by atoms with Crippen LogP contribution in [0.3, 0.4) is 0 Å². The van der Waals surface area contributed by atoms with Gasteiger partial charge >= 0.3 is 5.97 Å². The number of hydrogen-bond acceptors (Lipinski definition) is 3. The lowest BCUT2D eigenvalue weighted by molar-refractivity contribution is -0.142. The minimum absolute atomic E-state index is 0.216. The van der Waals surface area contributed by atoms with Gasteiger partial charge in [0.15, 0.2) is 6.61 Å². The van der Waals surface area contributed by atoms with Crippen LogP contribution in [0.15, 0.2) is 48.8 Å². The van der Waals surface area contributed by atoms with E-state index in [1.165, 1.54) is 10.9 Å². The zero-order chi connectivity index (χ0) is 16.1. The minimum atomic E-state index is -0.343. The van der Waals surface area contributed by atoms with Crippen molar-refractivity contribution < 1.29 is 14.3 Å². The molecule has 0 aliphatic heterocycles. The molecule has 0 radical (unpaired) electrons. The van der Waals surface area contributed by atoms with Crippen molar-refractivity contribution in [1.29, 1.82) is 0 Å². The van der Waals surface area contributed by atoms with Gasteiger partial charge in [-0.25, -0.2) is 0 Å². The van der Waals surface area contributed by atoms with E-state index in [4.69, 9.17) is 4.74 Å². The summed E-state index contributed by atoms with van der Waals surface area (Å²) < 4.78 is 5.02. The van der Waals surface area contributed by atoms with Crippen LogP contribution in [-0.2, 0) is 16.0 Å². The van der Waals surface area contributed by atoms with Crippen LogP contribution in [-0.4, -0.2) is 28.3 Å². The van der Waals surface area contributed by atoms with Crippen LogP contribution in [0, 0.1) is 0 Å². The van der Waals surface area contributed by atoms with Gasteiger partial charge in [-0.05, 0) is 36.6 Å². The molecule has 0 saturated heterocycles. The molecule has 0 aliphatic rings. The van der Waals surface area contributed by atoms with Gasteiger partial charge in [-0.2, -0.15) is 0 Å². The summed E-state index contributed by atoms with van der Waals surface area (Å²) in [5, 5.41) is 1.18. The van der Waals surface area contributed by atoms with Gasteiger partial charge in [0, 0.05) is 29.7 Å². The Balaban J connectivity index is 1.43. The van der Waals surface area contributed by atoms with Gasteiger partial charge < -0.3 is 14.7 Å². The summed E-state index contributed by atoms with van der Waals surface area (Å²) in [4.78, 5) is 29.4. The molecule has 3 rings (SSSR count). The molecule has 23 heavy (non-hydrogen) atoms. The number of hydrogen-bond donors (Lipinski definition) is 2. The third kappa shape index (κ3) is 3.69. The van der Waals surface area contributed by atoms with Gasteiger partial charge in [0.1, 0.15) is 0 Å². The smallest absolute Gasteiger partial charge is 0.306 e. The molecule has 0 unspecified atom stereocenters. The molecule has 0 aliphatic carbocycles. The van der Waals surface area contributed by atoms with E-state index in [-0.39, 0.29) is 18.4 Å². The zero-order valence-electron chi connectivity index (χ0n) is 12.7. The molecular weight excluding hydrogens is 292 g/mol. The fraction of sp³-hybridized carbons (Fsp3) is 0.222. The Kier molecular flexibility index (Phi) is 4.57. The van der Waals surface area contributed by atoms with Gasteiger partial charge in [0.25, 0.3) is 0 Å². The molecule has 0 atom stereocenters. The van der Waals surface area contributed by atoms with Crippen molar-refractivity contribution in [2.45, 2.75) is 19.3 Å². The summed E-state index contributed by atoms with van der Waals surface area (Å²) in [5.74, 6) is -0.565. The van der Waals surface area contributed by atoms with Crippen LogP contribution >= 0.6 is 0 Å². The summed E-state index contributed by atoms with van der Waals surface area (Å²) in [6.07, 6.45) is 5.43. The summed E-state index contributed by atoms with van der Waals surface area (Å²) >= 11 is 0. The molecule has 0 amide bonds. The highest BCUT2D eigenvalue weighted by molar-refractivity contribution is 5.96. The number of fused-ring (bicyclic) bond motifs is 1. The van der Waals surface area contributed by atoms with E-state index in [9.17, 15) is 9.59 Å². The molecule has 0 fully saturated rings. The number of aromatic nitrogens is 2. The molecule has 2 heterocycles. The van der Waals surface area contributed by atoms with E-state index in [0.29, 0.717) is 18.5 Å². The standard InChI is InChI=1S/C18H18N2O3/c21-17(16-8-4-10-19-16)12-23-18(22)9-3-5-13-11-20-15-7-2-1-6-14(13)15/h1-2,4,6-8,10-11,19-20H,3,5,9,12H2. The van der Waals surface area contributed by atoms with Gasteiger partial charge in [-0.15, -0.1) is 0 Å². The first-order valence-corrected chi connectivity index (χ1v) is 7.61. The number of carbonyl (C=O) groups excluding carboxylic acids is 2. The Morgan fingerprint density at radius 2 is 1.91 bits per heavy atom. The second-order valence-corrected chi connectivity index (χ2v) is 5.38. The minimum Gasteiger partial charge on any atom is -0.457 e. The first-order valence-electron chi connectivity index (χ1n) is 7.61. The molecule has 0 spiro atoms. The SMILES string of the molecule is O=C(CCCc1c[nH]c2ccccc12)OCC(=O)c1ccc[nH]1. The van der Waals surface area contributed by atoms with Crippen molar-refractivity contribution in [3.63, 3.8) is 0 Å². The van der Waals surface area contributed by atoms with Gasteiger partial charge in [0.2, 0.25) is 5.78 Å². The Bertz CT molecular complexity index is 803. The van der Waals surface area contributed by atoms with E-state index >= 15 is 0 Å². The molecule has 1 aromatic carbocycles. The topological polar surface area (TPSA) is 75.0 Å². The molecule has 3 aromatic rings. The largest absolute Gasteiger partial charge is 0.457 e. The van der Waals surface area contributed by atoms with Crippen molar-refractivity contribution in [2.75, 3.05) is 6.61 Å². The Morgan fingerprint density at radius 1 is 1.04 bits per heavy atom. The predicted molar refractivity (Wildman–Crippen MR) is 87.3 cm³/mol. The fourth-order valence-corrected chi connectivity index (χ4v) is 2.56. The maximum absolute atomic E-state index is 11.7. The quantitative estimate of drug-likeness (QED) is 0.519. The average Bonchev–Trinajstić information content (AvgIpc) is 3.23. The van der Waals surface area contributed by atoms with Gasteiger partial charge in [-0.3, -0.25) is 9.59 Å². The van der Waals surface area contributed by atoms with Crippen LogP contribution in [0.25, 0.3) is 10.9 Å². The van der Waals surface area contributed by atoms with Crippen LogP contribution in [0.5, 0.6) is 0 Å². The third-order valence-electron chi connectivity index (χ3n) is 3.76. The first kappa shape index (κ1) is 15.1. The number of aryl methyl sites for hydroxylation is 1. The van der Waals surface area contributed by atoms with Gasteiger partial charge in [-0.1, -0.05) is 18.2 Å². The van der Waals surface area contributed by atoms with Crippen LogP contribution in [0.1, 0.15) is 28.9 Å². The highest BCUT2D eigenvalue weighted by Crippen LogP contribution is 2.19. The normalized spacial score (nSPS) is 10.8. The monoisotopic (exact) mass is 310 g/mol. The highest BCUT2D eigenvalue weighted by atomic mass is 16.5. The lowest BCUT2D eigenvalue weighted by Gasteiger charge is -2.03. The molecule has 118 valence electrons. The van der Waals surface area contributed by atoms with E-state index in [0.717, 1.165) is 11.9 Å². The van der Waals surface area contributed by atoms with Crippen molar-refractivity contribution in [3.05, 3.63) is 60.0 Å². The predicted octanol–water partition coefficient (Wildman–Crippen LogP) is 3.24. The molecular formula is C18H18N2O3. The molecule has 5 heteroatoms. The van der Waals surface area contributed by atoms with E-state index in [2.05, 4.69) is 16.0 Å². The molecule has 2 N–H and O–H groups in total. The number of ketones is 1. The zero-order valence-corrected chi connectivity index (χ0v) is 12.7. The van der Waals surface area contributed by atoms with E-state index < -0.39 is 0 Å². The Labute approximate surface area is 133 Å². The fourth-order valence-electron chi connectivity index (χ4n) is 2.56. The lowest BCUT2D eigenvalue weighted by Crippen LogP contribution is -2.14. The molecule has 5 nitrogen and oxygen atoms in total. The number of carbonyl (C=O) groups is 2. The number of esters is 1. The number of Topliss-reactive ketones (excluding diaryl/α,β-unsaturated/α-hetero) is 1. The number of ether oxygens (including phenoxy) is 1. The van der Waals surface area contributed by atoms with Gasteiger partial charge in [0.05, 0.1) is 5.69 Å². The average molecular weight is 310 g/mol. The summed E-state index contributed by atoms with van der Waals surface area (Å²) in [6.45, 7) is -0.216. The van der Waals surface area contributed by atoms with E-state index in [1.54, 1.807) is 18.3 Å². The van der Waals surface area contributed by atoms with Crippen molar-refractivity contribution in [1.82, 2.24) is 9.97 Å². The Hall–Kier alpha value is -2.82. The summed E-state index contributed by atoms with van der Waals surface area (Å²) in [7, 11) is 0. The summed E-state index contributed by atoms with van der Waals surface area (Å²) in [6, 6.07) is 11.5.